The van der Waals surface area contributed by atoms with Crippen molar-refractivity contribution < 1.29 is 8.42 Å². The number of aryl methyl sites for hydroxylation is 1. The van der Waals surface area contributed by atoms with Gasteiger partial charge in [-0.25, -0.2) is 8.42 Å². The molecule has 2 rings (SSSR count). The van der Waals surface area contributed by atoms with Crippen LogP contribution < -0.4 is 4.72 Å². The van der Waals surface area contributed by atoms with Gasteiger partial charge in [0.2, 0.25) is 0 Å². The molecular weight excluding hydrogens is 358 g/mol. The second-order valence-electron chi connectivity index (χ2n) is 3.63. The fraction of sp³-hybridized carbons (Fsp3) is 0.0909. The van der Waals surface area contributed by atoms with Crippen LogP contribution in [0, 0.1) is 6.92 Å². The lowest BCUT2D eigenvalue weighted by Gasteiger charge is -2.08. The zero-order chi connectivity index (χ0) is 13.3. The number of nitrogens with one attached hydrogen (secondary N) is 1. The third-order valence-corrected chi connectivity index (χ3v) is 6.71. The number of halogens is 2. The maximum Gasteiger partial charge on any atom is 0.272 e. The second-order valence-corrected chi connectivity index (χ2v) is 7.68. The summed E-state index contributed by atoms with van der Waals surface area (Å²) in [6, 6.07) is 6.74. The van der Waals surface area contributed by atoms with Crippen LogP contribution in [0.4, 0.5) is 5.69 Å². The molecular formula is C11H9BrClNO2S2. The van der Waals surface area contributed by atoms with Gasteiger partial charge in [-0.1, -0.05) is 17.7 Å². The second kappa shape index (κ2) is 5.21. The third-order valence-electron chi connectivity index (χ3n) is 2.25. The highest BCUT2D eigenvalue weighted by atomic mass is 79.9. The molecule has 3 nitrogen and oxygen atoms in total. The molecule has 0 spiro atoms. The first-order valence-electron chi connectivity index (χ1n) is 4.92. The van der Waals surface area contributed by atoms with Gasteiger partial charge in [0.1, 0.15) is 0 Å². The summed E-state index contributed by atoms with van der Waals surface area (Å²) < 4.78 is 27.5. The smallest absolute Gasteiger partial charge is 0.272 e. The van der Waals surface area contributed by atoms with E-state index in [1.54, 1.807) is 29.6 Å². The van der Waals surface area contributed by atoms with Crippen LogP contribution in [0.3, 0.4) is 0 Å². The Hall–Kier alpha value is -0.560. The van der Waals surface area contributed by atoms with Crippen LogP contribution in [-0.4, -0.2) is 8.42 Å². The molecule has 0 aliphatic carbocycles. The fourth-order valence-corrected chi connectivity index (χ4v) is 4.90. The minimum Gasteiger partial charge on any atom is -0.279 e. The van der Waals surface area contributed by atoms with Crippen LogP contribution in [0.5, 0.6) is 0 Å². The number of hydrogen-bond donors (Lipinski definition) is 1. The van der Waals surface area contributed by atoms with Gasteiger partial charge in [-0.2, -0.15) is 0 Å². The lowest BCUT2D eigenvalue weighted by Crippen LogP contribution is -2.11. The molecule has 0 aliphatic heterocycles. The Labute approximate surface area is 123 Å². The Balaban J connectivity index is 2.34. The van der Waals surface area contributed by atoms with Gasteiger partial charge in [0.15, 0.2) is 4.21 Å². The maximum absolute atomic E-state index is 12.1. The highest BCUT2D eigenvalue weighted by Crippen LogP contribution is 2.30. The average Bonchev–Trinajstić information content (AvgIpc) is 2.70. The molecule has 18 heavy (non-hydrogen) atoms. The van der Waals surface area contributed by atoms with Gasteiger partial charge >= 0.3 is 0 Å². The Bertz CT molecular complexity index is 682. The van der Waals surface area contributed by atoms with E-state index in [0.29, 0.717) is 15.2 Å². The summed E-state index contributed by atoms with van der Waals surface area (Å²) in [4.78, 5) is 0. The molecule has 0 amide bonds. The number of benzene rings is 1. The summed E-state index contributed by atoms with van der Waals surface area (Å²) in [5.74, 6) is 0. The van der Waals surface area contributed by atoms with Crippen molar-refractivity contribution in [2.24, 2.45) is 0 Å². The minimum absolute atomic E-state index is 0.249. The summed E-state index contributed by atoms with van der Waals surface area (Å²) in [5.41, 5.74) is 1.35. The minimum atomic E-state index is -3.57. The molecule has 0 saturated heterocycles. The van der Waals surface area contributed by atoms with Crippen LogP contribution in [0.25, 0.3) is 0 Å². The molecule has 1 N–H and O–H groups in total. The van der Waals surface area contributed by atoms with E-state index in [1.807, 2.05) is 6.92 Å². The monoisotopic (exact) mass is 365 g/mol. The molecule has 1 aromatic carbocycles. The van der Waals surface area contributed by atoms with Gasteiger partial charge in [0.05, 0.1) is 5.69 Å². The molecule has 0 fully saturated rings. The lowest BCUT2D eigenvalue weighted by molar-refractivity contribution is 0.603. The SMILES string of the molecule is Cc1ccc(NS(=O)(=O)c2sccc2Br)cc1Cl. The molecule has 2 aromatic rings. The number of thiophene rings is 1. The highest BCUT2D eigenvalue weighted by molar-refractivity contribution is 9.10. The molecule has 7 heteroatoms. The van der Waals surface area contributed by atoms with E-state index in [-0.39, 0.29) is 4.21 Å². The van der Waals surface area contributed by atoms with Gasteiger partial charge in [-0.05, 0) is 52.0 Å². The molecule has 96 valence electrons. The first kappa shape index (κ1) is 13.9. The van der Waals surface area contributed by atoms with E-state index in [0.717, 1.165) is 16.9 Å². The van der Waals surface area contributed by atoms with Crippen molar-refractivity contribution in [1.82, 2.24) is 0 Å². The summed E-state index contributed by atoms with van der Waals surface area (Å²) in [6.45, 7) is 1.86. The Kier molecular flexibility index (Phi) is 4.01. The van der Waals surface area contributed by atoms with Crippen LogP contribution in [0.1, 0.15) is 5.56 Å². The maximum atomic E-state index is 12.1. The molecule has 1 heterocycles. The highest BCUT2D eigenvalue weighted by Gasteiger charge is 2.19. The molecule has 0 atom stereocenters. The first-order valence-corrected chi connectivity index (χ1v) is 8.45. The van der Waals surface area contributed by atoms with Crippen molar-refractivity contribution in [1.29, 1.82) is 0 Å². The summed E-state index contributed by atoms with van der Waals surface area (Å²) in [5, 5.41) is 2.24. The predicted octanol–water partition coefficient (Wildman–Crippen LogP) is 4.27. The molecule has 1 aromatic heterocycles. The van der Waals surface area contributed by atoms with Crippen molar-refractivity contribution >= 4 is 54.6 Å². The van der Waals surface area contributed by atoms with Crippen molar-refractivity contribution in [3.05, 3.63) is 44.7 Å². The number of anilines is 1. The molecule has 0 bridgehead atoms. The number of rotatable bonds is 3. The van der Waals surface area contributed by atoms with E-state index in [9.17, 15) is 8.42 Å². The third kappa shape index (κ3) is 2.88. The van der Waals surface area contributed by atoms with E-state index < -0.39 is 10.0 Å². The quantitative estimate of drug-likeness (QED) is 0.881. The van der Waals surface area contributed by atoms with Crippen molar-refractivity contribution in [2.75, 3.05) is 4.72 Å². The average molecular weight is 367 g/mol. The van der Waals surface area contributed by atoms with Gasteiger partial charge in [-0.15, -0.1) is 11.3 Å². The van der Waals surface area contributed by atoms with Gasteiger partial charge in [0, 0.05) is 9.50 Å². The zero-order valence-electron chi connectivity index (χ0n) is 9.28. The number of hydrogen-bond acceptors (Lipinski definition) is 3. The molecule has 0 saturated carbocycles. The zero-order valence-corrected chi connectivity index (χ0v) is 13.3. The van der Waals surface area contributed by atoms with Crippen LogP contribution >= 0.6 is 38.9 Å². The summed E-state index contributed by atoms with van der Waals surface area (Å²) in [6.07, 6.45) is 0. The standard InChI is InChI=1S/C11H9BrClNO2S2/c1-7-2-3-8(6-10(7)13)14-18(15,16)11-9(12)4-5-17-11/h2-6,14H,1H3. The van der Waals surface area contributed by atoms with E-state index >= 15 is 0 Å². The van der Waals surface area contributed by atoms with Gasteiger partial charge in [0.25, 0.3) is 10.0 Å². The van der Waals surface area contributed by atoms with E-state index in [4.69, 9.17) is 11.6 Å². The lowest BCUT2D eigenvalue weighted by atomic mass is 10.2. The molecule has 0 radical (unpaired) electrons. The summed E-state index contributed by atoms with van der Waals surface area (Å²) in [7, 11) is -3.57. The van der Waals surface area contributed by atoms with Crippen LogP contribution in [0.2, 0.25) is 5.02 Å². The van der Waals surface area contributed by atoms with Crippen molar-refractivity contribution in [2.45, 2.75) is 11.1 Å². The van der Waals surface area contributed by atoms with Gasteiger partial charge in [-0.3, -0.25) is 4.72 Å². The Morgan fingerprint density at radius 2 is 2.06 bits per heavy atom. The Morgan fingerprint density at radius 3 is 2.61 bits per heavy atom. The van der Waals surface area contributed by atoms with Crippen molar-refractivity contribution in [3.8, 4) is 0 Å². The van der Waals surface area contributed by atoms with Crippen LogP contribution in [-0.2, 0) is 10.0 Å². The molecule has 0 aliphatic rings. The fourth-order valence-electron chi connectivity index (χ4n) is 1.33. The van der Waals surface area contributed by atoms with E-state index in [1.165, 1.54) is 0 Å². The Morgan fingerprint density at radius 1 is 1.33 bits per heavy atom. The normalized spacial score (nSPS) is 11.5. The predicted molar refractivity (Wildman–Crippen MR) is 79.0 cm³/mol. The topological polar surface area (TPSA) is 46.2 Å². The number of sulfonamides is 1. The van der Waals surface area contributed by atoms with E-state index in [2.05, 4.69) is 20.7 Å². The van der Waals surface area contributed by atoms with Crippen LogP contribution in [0.15, 0.2) is 38.3 Å². The summed E-state index contributed by atoms with van der Waals surface area (Å²) >= 11 is 10.3. The first-order chi connectivity index (χ1) is 8.40. The van der Waals surface area contributed by atoms with Gasteiger partial charge < -0.3 is 0 Å². The van der Waals surface area contributed by atoms with Crippen molar-refractivity contribution in [3.63, 3.8) is 0 Å². The largest absolute Gasteiger partial charge is 0.279 e. The molecule has 0 unspecified atom stereocenters.